The van der Waals surface area contributed by atoms with Crippen molar-refractivity contribution in [3.05, 3.63) is 70.2 Å². The third kappa shape index (κ3) is 4.53. The van der Waals surface area contributed by atoms with Gasteiger partial charge in [0, 0.05) is 22.1 Å². The first-order chi connectivity index (χ1) is 9.15. The lowest BCUT2D eigenvalue weighted by molar-refractivity contribution is 1.36. The average Bonchev–Trinajstić information content (AvgIpc) is 2.41. The molecule has 19 heavy (non-hydrogen) atoms. The van der Waals surface area contributed by atoms with Gasteiger partial charge >= 0.3 is 0 Å². The first-order valence-corrected chi connectivity index (χ1v) is 7.80. The average molecular weight is 308 g/mol. The maximum Gasteiger partial charge on any atom is 0.103 e. The molecule has 98 valence electrons. The first kappa shape index (κ1) is 14.4. The standard InChI is InChI=1S/C15H14ClNS2/c16-14-6-4-11(5-7-14)9-19-10-12-2-1-3-13(8-12)15(17)18/h1-8H,9-10H2,(H2,17,18). The molecule has 1 nitrogen and oxygen atoms in total. The Balaban J connectivity index is 1.90. The number of benzene rings is 2. The summed E-state index contributed by atoms with van der Waals surface area (Å²) in [7, 11) is 0. The van der Waals surface area contributed by atoms with Crippen LogP contribution in [0, 0.1) is 0 Å². The van der Waals surface area contributed by atoms with Gasteiger partial charge in [-0.2, -0.15) is 11.8 Å². The normalized spacial score (nSPS) is 10.4. The molecule has 4 heteroatoms. The lowest BCUT2D eigenvalue weighted by Gasteiger charge is -2.05. The summed E-state index contributed by atoms with van der Waals surface area (Å²) in [5, 5.41) is 0.776. The Morgan fingerprint density at radius 1 is 1.05 bits per heavy atom. The number of rotatable bonds is 5. The van der Waals surface area contributed by atoms with Crippen LogP contribution in [0.5, 0.6) is 0 Å². The molecular formula is C15H14ClNS2. The lowest BCUT2D eigenvalue weighted by Crippen LogP contribution is -2.09. The summed E-state index contributed by atoms with van der Waals surface area (Å²) in [6, 6.07) is 16.0. The van der Waals surface area contributed by atoms with E-state index < -0.39 is 0 Å². The van der Waals surface area contributed by atoms with Gasteiger partial charge in [-0.15, -0.1) is 0 Å². The summed E-state index contributed by atoms with van der Waals surface area (Å²) >= 11 is 12.7. The fraction of sp³-hybridized carbons (Fsp3) is 0.133. The van der Waals surface area contributed by atoms with Gasteiger partial charge in [0.15, 0.2) is 0 Å². The van der Waals surface area contributed by atoms with Crippen LogP contribution in [0.1, 0.15) is 16.7 Å². The summed E-state index contributed by atoms with van der Waals surface area (Å²) in [5.74, 6) is 1.91. The van der Waals surface area contributed by atoms with Gasteiger partial charge in [-0.3, -0.25) is 0 Å². The van der Waals surface area contributed by atoms with Crippen molar-refractivity contribution < 1.29 is 0 Å². The van der Waals surface area contributed by atoms with Crippen LogP contribution in [0.3, 0.4) is 0 Å². The molecule has 0 aliphatic heterocycles. The number of thiocarbonyl (C=S) groups is 1. The quantitative estimate of drug-likeness (QED) is 0.829. The minimum Gasteiger partial charge on any atom is -0.389 e. The van der Waals surface area contributed by atoms with Crippen molar-refractivity contribution in [1.82, 2.24) is 0 Å². The molecule has 2 aromatic carbocycles. The second-order valence-electron chi connectivity index (χ2n) is 4.18. The molecule has 0 saturated heterocycles. The molecule has 0 bridgehead atoms. The van der Waals surface area contributed by atoms with Crippen LogP contribution in [-0.2, 0) is 11.5 Å². The molecule has 0 aromatic heterocycles. The van der Waals surface area contributed by atoms with Crippen LogP contribution < -0.4 is 5.73 Å². The minimum absolute atomic E-state index is 0.449. The van der Waals surface area contributed by atoms with Crippen molar-refractivity contribution in [3.8, 4) is 0 Å². The summed E-state index contributed by atoms with van der Waals surface area (Å²) in [4.78, 5) is 0.449. The van der Waals surface area contributed by atoms with Crippen molar-refractivity contribution in [1.29, 1.82) is 0 Å². The Morgan fingerprint density at radius 2 is 1.74 bits per heavy atom. The molecule has 0 atom stereocenters. The molecule has 0 saturated carbocycles. The van der Waals surface area contributed by atoms with Gasteiger partial charge in [0.2, 0.25) is 0 Å². The van der Waals surface area contributed by atoms with Crippen LogP contribution in [0.4, 0.5) is 0 Å². The highest BCUT2D eigenvalue weighted by Crippen LogP contribution is 2.20. The van der Waals surface area contributed by atoms with E-state index in [0.717, 1.165) is 22.1 Å². The molecule has 2 rings (SSSR count). The van der Waals surface area contributed by atoms with Gasteiger partial charge in [-0.05, 0) is 29.3 Å². The van der Waals surface area contributed by atoms with E-state index >= 15 is 0 Å². The zero-order valence-corrected chi connectivity index (χ0v) is 12.7. The number of nitrogens with two attached hydrogens (primary N) is 1. The fourth-order valence-corrected chi connectivity index (χ4v) is 2.88. The van der Waals surface area contributed by atoms with Gasteiger partial charge in [0.1, 0.15) is 4.99 Å². The Morgan fingerprint density at radius 3 is 2.42 bits per heavy atom. The zero-order valence-electron chi connectivity index (χ0n) is 10.3. The highest BCUT2D eigenvalue weighted by Gasteiger charge is 2.00. The van der Waals surface area contributed by atoms with E-state index in [1.165, 1.54) is 11.1 Å². The first-order valence-electron chi connectivity index (χ1n) is 5.86. The van der Waals surface area contributed by atoms with Crippen molar-refractivity contribution in [2.75, 3.05) is 0 Å². The second-order valence-corrected chi connectivity index (χ2v) is 6.05. The van der Waals surface area contributed by atoms with E-state index in [1.807, 2.05) is 36.0 Å². The SMILES string of the molecule is NC(=S)c1cccc(CSCc2ccc(Cl)cc2)c1. The Bertz CT molecular complexity index is 567. The van der Waals surface area contributed by atoms with Gasteiger partial charge in [0.05, 0.1) is 0 Å². The molecule has 0 unspecified atom stereocenters. The summed E-state index contributed by atoms with van der Waals surface area (Å²) in [6.45, 7) is 0. The topological polar surface area (TPSA) is 26.0 Å². The fourth-order valence-electron chi connectivity index (χ4n) is 1.68. The lowest BCUT2D eigenvalue weighted by atomic mass is 10.1. The highest BCUT2D eigenvalue weighted by atomic mass is 35.5. The van der Waals surface area contributed by atoms with Crippen LogP contribution in [0.15, 0.2) is 48.5 Å². The van der Waals surface area contributed by atoms with E-state index in [4.69, 9.17) is 29.6 Å². The molecule has 0 amide bonds. The zero-order chi connectivity index (χ0) is 13.7. The Kier molecular flexibility index (Phi) is 5.25. The minimum atomic E-state index is 0.449. The molecule has 0 heterocycles. The second kappa shape index (κ2) is 6.94. The van der Waals surface area contributed by atoms with E-state index in [9.17, 15) is 0 Å². The summed E-state index contributed by atoms with van der Waals surface area (Å²) in [5.41, 5.74) is 9.08. The van der Waals surface area contributed by atoms with Crippen LogP contribution in [0.2, 0.25) is 5.02 Å². The molecular weight excluding hydrogens is 294 g/mol. The van der Waals surface area contributed by atoms with Gasteiger partial charge in [0.25, 0.3) is 0 Å². The maximum atomic E-state index is 5.86. The van der Waals surface area contributed by atoms with E-state index in [0.29, 0.717) is 4.99 Å². The Labute approximate surface area is 128 Å². The number of thioether (sulfide) groups is 1. The predicted octanol–water partition coefficient (Wildman–Crippen LogP) is 4.41. The van der Waals surface area contributed by atoms with Gasteiger partial charge in [-0.1, -0.05) is 54.2 Å². The van der Waals surface area contributed by atoms with Crippen LogP contribution >= 0.6 is 35.6 Å². The molecule has 0 aliphatic carbocycles. The molecule has 2 N–H and O–H groups in total. The third-order valence-corrected chi connectivity index (χ3v) is 4.22. The van der Waals surface area contributed by atoms with Crippen molar-refractivity contribution in [2.45, 2.75) is 11.5 Å². The highest BCUT2D eigenvalue weighted by molar-refractivity contribution is 7.97. The smallest absolute Gasteiger partial charge is 0.103 e. The van der Waals surface area contributed by atoms with Crippen molar-refractivity contribution in [3.63, 3.8) is 0 Å². The van der Waals surface area contributed by atoms with E-state index in [1.54, 1.807) is 0 Å². The van der Waals surface area contributed by atoms with E-state index in [-0.39, 0.29) is 0 Å². The molecule has 0 aliphatic rings. The van der Waals surface area contributed by atoms with Crippen molar-refractivity contribution in [2.24, 2.45) is 5.73 Å². The predicted molar refractivity (Wildman–Crippen MR) is 88.8 cm³/mol. The number of hydrogen-bond acceptors (Lipinski definition) is 2. The number of hydrogen-bond donors (Lipinski definition) is 1. The summed E-state index contributed by atoms with van der Waals surface area (Å²) < 4.78 is 0. The third-order valence-electron chi connectivity index (χ3n) is 2.66. The molecule has 2 aromatic rings. The molecule has 0 spiro atoms. The Hall–Kier alpha value is -1.03. The molecule has 0 fully saturated rings. The molecule has 0 radical (unpaired) electrons. The monoisotopic (exact) mass is 307 g/mol. The van der Waals surface area contributed by atoms with Crippen molar-refractivity contribution >= 4 is 40.6 Å². The van der Waals surface area contributed by atoms with Crippen LogP contribution in [-0.4, -0.2) is 4.99 Å². The largest absolute Gasteiger partial charge is 0.389 e. The van der Waals surface area contributed by atoms with E-state index in [2.05, 4.69) is 24.3 Å². The van der Waals surface area contributed by atoms with Gasteiger partial charge < -0.3 is 5.73 Å². The summed E-state index contributed by atoms with van der Waals surface area (Å²) in [6.07, 6.45) is 0. The maximum absolute atomic E-state index is 5.86. The van der Waals surface area contributed by atoms with Gasteiger partial charge in [-0.25, -0.2) is 0 Å². The number of halogens is 1. The van der Waals surface area contributed by atoms with Crippen LogP contribution in [0.25, 0.3) is 0 Å².